The van der Waals surface area contributed by atoms with E-state index in [0.29, 0.717) is 17.5 Å². The molecule has 0 radical (unpaired) electrons. The Bertz CT molecular complexity index is 1750. The minimum absolute atomic E-state index is 0.310. The summed E-state index contributed by atoms with van der Waals surface area (Å²) in [6.45, 7) is 4.52. The van der Waals surface area contributed by atoms with Crippen molar-refractivity contribution in [1.82, 2.24) is 9.55 Å². The molecule has 1 aromatic heterocycles. The fourth-order valence-electron chi connectivity index (χ4n) is 6.78. The number of nitrogens with zero attached hydrogens (tertiary/aromatic N) is 2. The summed E-state index contributed by atoms with van der Waals surface area (Å²) in [4.78, 5) is 17.3. The van der Waals surface area contributed by atoms with Crippen LogP contribution in [-0.4, -0.2) is 28.7 Å². The van der Waals surface area contributed by atoms with Crippen molar-refractivity contribution in [3.8, 4) is 22.5 Å². The molecule has 220 valence electrons. The smallest absolute Gasteiger partial charge is 0.338 e. The van der Waals surface area contributed by atoms with Crippen LogP contribution in [0.25, 0.3) is 33.5 Å². The van der Waals surface area contributed by atoms with E-state index in [1.54, 1.807) is 0 Å². The number of aromatic nitrogens is 2. The molecule has 2 atom stereocenters. The molecule has 4 aromatic carbocycles. The first-order chi connectivity index (χ1) is 21.0. The van der Waals surface area contributed by atoms with Gasteiger partial charge in [0.1, 0.15) is 5.82 Å². The predicted octanol–water partition coefficient (Wildman–Crippen LogP) is 9.09. The number of para-hydroxylation sites is 2. The second kappa shape index (κ2) is 12.5. The minimum Gasteiger partial charge on any atom is -0.465 e. The van der Waals surface area contributed by atoms with E-state index in [1.807, 2.05) is 24.3 Å². The van der Waals surface area contributed by atoms with Gasteiger partial charge >= 0.3 is 5.97 Å². The van der Waals surface area contributed by atoms with Gasteiger partial charge in [0.05, 0.1) is 23.7 Å². The molecule has 0 saturated heterocycles. The molecule has 0 spiro atoms. The van der Waals surface area contributed by atoms with Gasteiger partial charge in [-0.1, -0.05) is 67.9 Å². The first kappa shape index (κ1) is 28.7. The SMILES string of the molecule is CCCC1CCC(CCc2ccc(-c3ccccc3C(=O)OC)cc2)c2cc(-c3nc4ccccc4n3C)cc(C)c2N1. The number of carbonyl (C=O) groups excluding carboxylic acids is 1. The van der Waals surface area contributed by atoms with E-state index >= 15 is 0 Å². The second-order valence-corrected chi connectivity index (χ2v) is 11.9. The Kier molecular flexibility index (Phi) is 8.33. The summed E-state index contributed by atoms with van der Waals surface area (Å²) in [6, 6.07) is 29.9. The number of imidazole rings is 1. The monoisotopic (exact) mass is 571 g/mol. The molecule has 1 aliphatic heterocycles. The molecule has 0 bridgehead atoms. The molecule has 5 nitrogen and oxygen atoms in total. The molecule has 2 heterocycles. The van der Waals surface area contributed by atoms with Crippen LogP contribution in [0.1, 0.15) is 72.0 Å². The third-order valence-corrected chi connectivity index (χ3v) is 9.08. The zero-order valence-corrected chi connectivity index (χ0v) is 25.7. The molecule has 0 amide bonds. The van der Waals surface area contributed by atoms with Gasteiger partial charge in [-0.25, -0.2) is 9.78 Å². The van der Waals surface area contributed by atoms with Crippen molar-refractivity contribution in [2.45, 2.75) is 64.3 Å². The Balaban J connectivity index is 1.29. The topological polar surface area (TPSA) is 56.1 Å². The normalized spacial score (nSPS) is 16.4. The maximum absolute atomic E-state index is 12.3. The van der Waals surface area contributed by atoms with Crippen molar-refractivity contribution in [3.63, 3.8) is 0 Å². The van der Waals surface area contributed by atoms with E-state index in [1.165, 1.54) is 60.7 Å². The zero-order chi connectivity index (χ0) is 29.9. The Morgan fingerprint density at radius 2 is 1.72 bits per heavy atom. The number of esters is 1. The third-order valence-electron chi connectivity index (χ3n) is 9.08. The second-order valence-electron chi connectivity index (χ2n) is 11.9. The van der Waals surface area contributed by atoms with E-state index in [0.717, 1.165) is 40.8 Å². The van der Waals surface area contributed by atoms with Crippen LogP contribution in [0.4, 0.5) is 5.69 Å². The molecule has 5 aromatic rings. The molecule has 0 aliphatic carbocycles. The van der Waals surface area contributed by atoms with Gasteiger partial charge < -0.3 is 14.6 Å². The van der Waals surface area contributed by atoms with Crippen molar-refractivity contribution < 1.29 is 9.53 Å². The number of hydrogen-bond acceptors (Lipinski definition) is 4. The Hall–Kier alpha value is -4.38. The lowest BCUT2D eigenvalue weighted by molar-refractivity contribution is 0.0601. The van der Waals surface area contributed by atoms with E-state index in [4.69, 9.17) is 9.72 Å². The van der Waals surface area contributed by atoms with Gasteiger partial charge in [0.2, 0.25) is 0 Å². The standard InChI is InChI=1S/C38H41N3O2/c1-5-10-30-22-21-28(20-17-26-15-18-27(19-16-26)31-11-6-7-12-32(31)38(42)43-4)33-24-29(23-25(2)36(33)39-30)37-40-34-13-8-9-14-35(34)41(37)3/h6-9,11-16,18-19,23-24,28,30,39H,5,10,17,20-22H2,1-4H3. The van der Waals surface area contributed by atoms with Crippen LogP contribution in [0.2, 0.25) is 0 Å². The summed E-state index contributed by atoms with van der Waals surface area (Å²) in [5.41, 5.74) is 11.2. The molecule has 0 saturated carbocycles. The highest BCUT2D eigenvalue weighted by Gasteiger charge is 2.26. The molecule has 43 heavy (non-hydrogen) atoms. The molecule has 2 unspecified atom stereocenters. The number of ether oxygens (including phenoxy) is 1. The van der Waals surface area contributed by atoms with E-state index in [2.05, 4.69) is 91.4 Å². The van der Waals surface area contributed by atoms with Gasteiger partial charge in [0, 0.05) is 24.3 Å². The van der Waals surface area contributed by atoms with Crippen LogP contribution in [-0.2, 0) is 18.2 Å². The Labute approximate surface area is 254 Å². The summed E-state index contributed by atoms with van der Waals surface area (Å²) in [5.74, 6) is 1.16. The first-order valence-corrected chi connectivity index (χ1v) is 15.6. The fourth-order valence-corrected chi connectivity index (χ4v) is 6.78. The lowest BCUT2D eigenvalue weighted by atomic mass is 9.85. The number of methoxy groups -OCH3 is 1. The Morgan fingerprint density at radius 1 is 0.953 bits per heavy atom. The summed E-state index contributed by atoms with van der Waals surface area (Å²) in [6.07, 6.45) is 6.79. The zero-order valence-electron chi connectivity index (χ0n) is 25.7. The molecule has 6 rings (SSSR count). The third kappa shape index (κ3) is 5.81. The van der Waals surface area contributed by atoms with Crippen LogP contribution in [0.3, 0.4) is 0 Å². The van der Waals surface area contributed by atoms with Gasteiger partial charge in [0.15, 0.2) is 0 Å². The maximum Gasteiger partial charge on any atom is 0.338 e. The number of fused-ring (bicyclic) bond motifs is 2. The van der Waals surface area contributed by atoms with Crippen LogP contribution in [0, 0.1) is 6.92 Å². The number of nitrogens with one attached hydrogen (secondary N) is 1. The van der Waals surface area contributed by atoms with Crippen molar-refractivity contribution in [2.24, 2.45) is 7.05 Å². The number of carbonyl (C=O) groups is 1. The van der Waals surface area contributed by atoms with Gasteiger partial charge in [-0.15, -0.1) is 0 Å². The van der Waals surface area contributed by atoms with Crippen molar-refractivity contribution >= 4 is 22.7 Å². The van der Waals surface area contributed by atoms with Crippen LogP contribution in [0.5, 0.6) is 0 Å². The summed E-state index contributed by atoms with van der Waals surface area (Å²) in [7, 11) is 3.54. The highest BCUT2D eigenvalue weighted by atomic mass is 16.5. The van der Waals surface area contributed by atoms with E-state index in [9.17, 15) is 4.79 Å². The lowest BCUT2D eigenvalue weighted by Gasteiger charge is -2.22. The summed E-state index contributed by atoms with van der Waals surface area (Å²) >= 11 is 0. The lowest BCUT2D eigenvalue weighted by Crippen LogP contribution is -2.18. The maximum atomic E-state index is 12.3. The van der Waals surface area contributed by atoms with E-state index in [-0.39, 0.29) is 5.97 Å². The van der Waals surface area contributed by atoms with Crippen molar-refractivity contribution in [1.29, 1.82) is 0 Å². The van der Waals surface area contributed by atoms with Gasteiger partial charge in [-0.2, -0.15) is 0 Å². The van der Waals surface area contributed by atoms with Gasteiger partial charge in [-0.05, 0) is 103 Å². The number of rotatable bonds is 8. The minimum atomic E-state index is -0.310. The first-order valence-electron chi connectivity index (χ1n) is 15.6. The summed E-state index contributed by atoms with van der Waals surface area (Å²) in [5, 5.41) is 3.96. The molecule has 5 heteroatoms. The highest BCUT2D eigenvalue weighted by Crippen LogP contribution is 2.41. The number of benzene rings is 4. The predicted molar refractivity (Wildman–Crippen MR) is 177 cm³/mol. The largest absolute Gasteiger partial charge is 0.465 e. The number of aryl methyl sites for hydroxylation is 3. The molecule has 1 aliphatic rings. The average molecular weight is 572 g/mol. The van der Waals surface area contributed by atoms with Crippen LogP contribution in [0.15, 0.2) is 84.9 Å². The van der Waals surface area contributed by atoms with Crippen LogP contribution < -0.4 is 5.32 Å². The Morgan fingerprint density at radius 3 is 2.49 bits per heavy atom. The molecular formula is C38H41N3O2. The highest BCUT2D eigenvalue weighted by molar-refractivity contribution is 5.97. The van der Waals surface area contributed by atoms with Gasteiger partial charge in [0.25, 0.3) is 0 Å². The van der Waals surface area contributed by atoms with Gasteiger partial charge in [-0.3, -0.25) is 0 Å². The number of hydrogen-bond donors (Lipinski definition) is 1. The molecule has 1 N–H and O–H groups in total. The summed E-state index contributed by atoms with van der Waals surface area (Å²) < 4.78 is 7.22. The molecule has 0 fully saturated rings. The van der Waals surface area contributed by atoms with Crippen molar-refractivity contribution in [2.75, 3.05) is 12.4 Å². The molecular weight excluding hydrogens is 530 g/mol. The fraction of sp³-hybridized carbons (Fsp3) is 0.316. The number of anilines is 1. The quantitative estimate of drug-likeness (QED) is 0.189. The van der Waals surface area contributed by atoms with Crippen LogP contribution >= 0.6 is 0 Å². The van der Waals surface area contributed by atoms with E-state index < -0.39 is 0 Å². The van der Waals surface area contributed by atoms with Crippen molar-refractivity contribution in [3.05, 3.63) is 107 Å². The average Bonchev–Trinajstić information content (AvgIpc) is 3.27.